The summed E-state index contributed by atoms with van der Waals surface area (Å²) in [6.07, 6.45) is 0. The van der Waals surface area contributed by atoms with Crippen LogP contribution in [0.2, 0.25) is 0 Å². The Bertz CT molecular complexity index is 1210. The number of aryl methyl sites for hydroxylation is 1. The Labute approximate surface area is 323 Å². The standard InChI is InChI=1S/C21H29N7O6S3.2K/c1-9(2)22-20(23-10(3)4)36-8-12(29)24-13-17(32)28-14(19(33)34)11(6-35-18(13)28)7-37-21-25-15(30)16(31)26-27(21)5;;/h9-10,13,18H,6-8H2,1-5H3,(H,22,23)(H,24,29)(H,26,31)(H,33,34);;/q;2*+1/p-2. The molecule has 0 bridgehead atoms. The van der Waals surface area contributed by atoms with E-state index in [0.717, 1.165) is 21.3 Å². The third-order valence-electron chi connectivity index (χ3n) is 4.96. The summed E-state index contributed by atoms with van der Waals surface area (Å²) in [5, 5.41) is 32.9. The number of carbonyl (C=O) groups excluding carboxylic acids is 3. The molecular formula is C21H27K2N7O6S3. The van der Waals surface area contributed by atoms with Gasteiger partial charge in [-0.05, 0) is 33.3 Å². The first-order valence-electron chi connectivity index (χ1n) is 11.3. The van der Waals surface area contributed by atoms with Crippen LogP contribution in [-0.2, 0) is 21.4 Å². The first kappa shape index (κ1) is 37.6. The number of amidine groups is 1. The van der Waals surface area contributed by atoms with Crippen LogP contribution in [0.25, 0.3) is 0 Å². The van der Waals surface area contributed by atoms with Crippen molar-refractivity contribution in [2.24, 2.45) is 12.0 Å². The summed E-state index contributed by atoms with van der Waals surface area (Å²) < 4.78 is 1.14. The normalized spacial score (nSPS) is 18.7. The van der Waals surface area contributed by atoms with Crippen molar-refractivity contribution in [3.05, 3.63) is 21.6 Å². The summed E-state index contributed by atoms with van der Waals surface area (Å²) in [4.78, 5) is 58.1. The number of thioether (sulfide) groups is 3. The van der Waals surface area contributed by atoms with Crippen LogP contribution < -0.4 is 129 Å². The van der Waals surface area contributed by atoms with Gasteiger partial charge in [-0.25, -0.2) is 4.68 Å². The van der Waals surface area contributed by atoms with Crippen molar-refractivity contribution in [3.63, 3.8) is 0 Å². The molecule has 2 amide bonds. The third-order valence-corrected chi connectivity index (χ3v) is 8.31. The van der Waals surface area contributed by atoms with Crippen LogP contribution in [0.1, 0.15) is 27.7 Å². The number of nitrogens with one attached hydrogen (secondary N) is 2. The number of carboxylic acids is 1. The summed E-state index contributed by atoms with van der Waals surface area (Å²) in [5.41, 5.74) is -0.869. The smallest absolute Gasteiger partial charge is 0.854 e. The molecule has 0 aromatic carbocycles. The molecular weight excluding hydrogens is 621 g/mol. The second-order valence-corrected chi connectivity index (χ2v) is 11.7. The Kier molecular flexibility index (Phi) is 16.4. The van der Waals surface area contributed by atoms with E-state index in [1.807, 2.05) is 27.7 Å². The second kappa shape index (κ2) is 17.0. The van der Waals surface area contributed by atoms with Crippen LogP contribution >= 0.6 is 35.3 Å². The largest absolute Gasteiger partial charge is 1.00 e. The zero-order valence-corrected chi connectivity index (χ0v) is 31.5. The fourth-order valence-corrected chi connectivity index (χ4v) is 6.78. The van der Waals surface area contributed by atoms with Gasteiger partial charge in [0.1, 0.15) is 11.4 Å². The van der Waals surface area contributed by atoms with Gasteiger partial charge in [0, 0.05) is 30.6 Å². The molecule has 202 valence electrons. The molecule has 1 aromatic heterocycles. The SMILES string of the molecule is CC(C)N=C(NC(C)C)SCC(=O)NC1C(=O)N2C(C(=O)[O-])=C(CSc3nc(=O)c([O-])nn3C)CSC12.[K+].[K+]. The van der Waals surface area contributed by atoms with Crippen LogP contribution in [0.15, 0.2) is 26.2 Å². The van der Waals surface area contributed by atoms with E-state index in [4.69, 9.17) is 0 Å². The molecule has 0 saturated carbocycles. The quantitative estimate of drug-likeness (QED) is 0.0850. The number of hydrogen-bond acceptors (Lipinski definition) is 12. The fourth-order valence-electron chi connectivity index (χ4n) is 3.44. The molecule has 1 fully saturated rings. The summed E-state index contributed by atoms with van der Waals surface area (Å²) in [5.74, 6) is -3.03. The molecule has 2 aliphatic rings. The summed E-state index contributed by atoms with van der Waals surface area (Å²) in [6, 6.07) is -0.678. The number of carboxylic acid groups (broad SMARTS) is 1. The van der Waals surface area contributed by atoms with Crippen molar-refractivity contribution in [3.8, 4) is 5.88 Å². The fraction of sp³-hybridized carbons (Fsp3) is 0.571. The van der Waals surface area contributed by atoms with Gasteiger partial charge in [-0.1, -0.05) is 23.5 Å². The van der Waals surface area contributed by atoms with Gasteiger partial charge in [-0.15, -0.1) is 11.8 Å². The van der Waals surface area contributed by atoms with Crippen LogP contribution in [0.5, 0.6) is 5.88 Å². The summed E-state index contributed by atoms with van der Waals surface area (Å²) >= 11 is 3.56. The molecule has 2 unspecified atom stereocenters. The first-order chi connectivity index (χ1) is 17.4. The number of β-lactam (4-membered cyclic amide) rings is 1. The van der Waals surface area contributed by atoms with Gasteiger partial charge in [0.05, 0.1) is 23.3 Å². The van der Waals surface area contributed by atoms with Crippen LogP contribution in [0.4, 0.5) is 0 Å². The number of nitrogens with zero attached hydrogens (tertiary/aromatic N) is 5. The average Bonchev–Trinajstić information content (AvgIpc) is 2.80. The maximum Gasteiger partial charge on any atom is 1.00 e. The van der Waals surface area contributed by atoms with Crippen molar-refractivity contribution in [1.82, 2.24) is 30.3 Å². The molecule has 13 nitrogen and oxygen atoms in total. The van der Waals surface area contributed by atoms with Crippen LogP contribution in [0.3, 0.4) is 0 Å². The molecule has 18 heteroatoms. The van der Waals surface area contributed by atoms with Crippen molar-refractivity contribution in [2.75, 3.05) is 17.3 Å². The first-order valence-corrected chi connectivity index (χ1v) is 14.3. The van der Waals surface area contributed by atoms with E-state index in [1.54, 1.807) is 0 Å². The molecule has 3 rings (SSSR count). The molecule has 1 aromatic rings. The minimum atomic E-state index is -1.52. The van der Waals surface area contributed by atoms with Gasteiger partial charge in [-0.2, -0.15) is 10.1 Å². The number of carbonyl (C=O) groups is 3. The Hall–Kier alpha value is 0.553. The van der Waals surface area contributed by atoms with Crippen LogP contribution in [-0.4, -0.2) is 83.4 Å². The summed E-state index contributed by atoms with van der Waals surface area (Å²) in [6.45, 7) is 7.78. The average molecular weight is 648 g/mol. The predicted molar refractivity (Wildman–Crippen MR) is 138 cm³/mol. The number of fused-ring (bicyclic) bond motifs is 1. The van der Waals surface area contributed by atoms with Crippen molar-refractivity contribution >= 4 is 58.2 Å². The van der Waals surface area contributed by atoms with Gasteiger partial charge in [0.2, 0.25) is 5.91 Å². The Morgan fingerprint density at radius 3 is 2.49 bits per heavy atom. The Morgan fingerprint density at radius 1 is 1.23 bits per heavy atom. The number of hydrogen-bond donors (Lipinski definition) is 2. The summed E-state index contributed by atoms with van der Waals surface area (Å²) in [7, 11) is 1.44. The minimum absolute atomic E-state index is 0. The van der Waals surface area contributed by atoms with Crippen molar-refractivity contribution < 1.29 is 127 Å². The zero-order chi connectivity index (χ0) is 27.4. The number of aromatic nitrogens is 3. The van der Waals surface area contributed by atoms with Gasteiger partial charge < -0.3 is 25.6 Å². The molecule has 2 aliphatic heterocycles. The topological polar surface area (TPSA) is 185 Å². The van der Waals surface area contributed by atoms with E-state index in [2.05, 4.69) is 25.7 Å². The number of amides is 2. The van der Waals surface area contributed by atoms with Crippen molar-refractivity contribution in [2.45, 2.75) is 56.4 Å². The third kappa shape index (κ3) is 10.1. The number of rotatable bonds is 9. The van der Waals surface area contributed by atoms with Crippen LogP contribution in [0, 0.1) is 0 Å². The van der Waals surface area contributed by atoms with Gasteiger partial charge >= 0.3 is 103 Å². The molecule has 1 saturated heterocycles. The number of aliphatic imine (C=N–C) groups is 1. The molecule has 39 heavy (non-hydrogen) atoms. The molecule has 0 spiro atoms. The molecule has 2 N–H and O–H groups in total. The molecule has 0 aliphatic carbocycles. The van der Waals surface area contributed by atoms with E-state index in [-0.39, 0.29) is 149 Å². The Morgan fingerprint density at radius 2 is 1.90 bits per heavy atom. The van der Waals surface area contributed by atoms with Crippen molar-refractivity contribution in [1.29, 1.82) is 0 Å². The van der Waals surface area contributed by atoms with E-state index in [0.29, 0.717) is 10.7 Å². The van der Waals surface area contributed by atoms with Gasteiger partial charge in [0.25, 0.3) is 11.5 Å². The maximum atomic E-state index is 12.9. The molecule has 0 radical (unpaired) electrons. The molecule has 3 heterocycles. The van der Waals surface area contributed by atoms with E-state index < -0.39 is 34.7 Å². The van der Waals surface area contributed by atoms with Gasteiger partial charge in [-0.3, -0.25) is 24.3 Å². The van der Waals surface area contributed by atoms with E-state index in [9.17, 15) is 29.4 Å². The zero-order valence-electron chi connectivity index (χ0n) is 22.8. The van der Waals surface area contributed by atoms with E-state index in [1.165, 1.54) is 30.6 Å². The predicted octanol–water partition coefficient (Wildman–Crippen LogP) is -7.75. The van der Waals surface area contributed by atoms with E-state index >= 15 is 0 Å². The molecule has 2 atom stereocenters. The Balaban J connectivity index is 0.00000380. The van der Waals surface area contributed by atoms with Gasteiger partial charge in [0.15, 0.2) is 10.3 Å². The maximum absolute atomic E-state index is 12.9. The minimum Gasteiger partial charge on any atom is -0.854 e. The monoisotopic (exact) mass is 647 g/mol. The number of aliphatic carboxylic acids is 1. The second-order valence-electron chi connectivity index (χ2n) is 8.73.